The van der Waals surface area contributed by atoms with E-state index in [2.05, 4.69) is 46.6 Å². The normalized spacial score (nSPS) is 11.1. The van der Waals surface area contributed by atoms with E-state index in [0.29, 0.717) is 71.1 Å². The molecule has 0 saturated heterocycles. The number of benzene rings is 6. The number of nitrogens with zero attached hydrogens (tertiary/aromatic N) is 7. The lowest BCUT2D eigenvalue weighted by atomic mass is 10.0. The predicted octanol–water partition coefficient (Wildman–Crippen LogP) is 13.8. The van der Waals surface area contributed by atoms with E-state index in [9.17, 15) is 19.7 Å². The van der Waals surface area contributed by atoms with Gasteiger partial charge in [0.1, 0.15) is 0 Å². The molecule has 2 aromatic heterocycles. The number of aromatic nitrogens is 4. The fraction of sp³-hybridized carbons (Fsp3) is 0.286. The lowest BCUT2D eigenvalue weighted by Gasteiger charge is -2.26. The molecule has 0 radical (unpaired) electrons. The smallest absolute Gasteiger partial charge is 0.326 e. The second-order valence-electron chi connectivity index (χ2n) is 17.6. The monoisotopic (exact) mass is 1010 g/mol. The summed E-state index contributed by atoms with van der Waals surface area (Å²) in [7, 11) is 3.90. The molecule has 0 saturated carbocycles. The van der Waals surface area contributed by atoms with Crippen LogP contribution in [-0.2, 0) is 65.7 Å². The average Bonchev–Trinajstić information content (AvgIpc) is 3.94. The van der Waals surface area contributed by atoms with Crippen LogP contribution in [0, 0.1) is 10.1 Å². The van der Waals surface area contributed by atoms with Gasteiger partial charge >= 0.3 is 12.1 Å². The van der Waals surface area contributed by atoms with Crippen LogP contribution in [0.2, 0.25) is 10.0 Å². The Bertz CT molecular complexity index is 3230. The summed E-state index contributed by atoms with van der Waals surface area (Å²) in [6.45, 7) is 12.7. The lowest BCUT2D eigenvalue weighted by Crippen LogP contribution is -2.35. The first-order valence-electron chi connectivity index (χ1n) is 24.4. The number of amides is 4. The molecule has 0 unspecified atom stereocenters. The molecule has 2 heterocycles. The average molecular weight is 1010 g/mol. The van der Waals surface area contributed by atoms with Crippen molar-refractivity contribution in [2.75, 3.05) is 26.2 Å². The first kappa shape index (κ1) is 52.4. The van der Waals surface area contributed by atoms with E-state index in [-0.39, 0.29) is 23.3 Å². The number of anilines is 5. The molecule has 4 N–H and O–H groups in total. The van der Waals surface area contributed by atoms with E-state index in [0.717, 1.165) is 68.4 Å². The summed E-state index contributed by atoms with van der Waals surface area (Å²) < 4.78 is 3.92. The zero-order valence-electron chi connectivity index (χ0n) is 42.1. The van der Waals surface area contributed by atoms with Crippen LogP contribution in [0.15, 0.2) is 110 Å². The summed E-state index contributed by atoms with van der Waals surface area (Å²) >= 11 is 12.9. The fourth-order valence-electron chi connectivity index (χ4n) is 9.03. The van der Waals surface area contributed by atoms with Gasteiger partial charge in [-0.3, -0.25) is 19.9 Å². The number of halogens is 2. The molecule has 0 atom stereocenters. The minimum Gasteiger partial charge on any atom is -0.398 e. The van der Waals surface area contributed by atoms with Gasteiger partial charge in [0.15, 0.2) is 0 Å². The first-order chi connectivity index (χ1) is 34.6. The molecule has 14 nitrogen and oxygen atoms in total. The van der Waals surface area contributed by atoms with Crippen LogP contribution in [0.3, 0.4) is 0 Å². The number of nitro benzene ring substituents is 1. The molecule has 6 aromatic carbocycles. The molecule has 0 aliphatic rings. The molecule has 4 amide bonds. The molecule has 374 valence electrons. The summed E-state index contributed by atoms with van der Waals surface area (Å²) in [5, 5.41) is 18.7. The maximum Gasteiger partial charge on any atom is 0.326 e. The second kappa shape index (κ2) is 23.2. The van der Waals surface area contributed by atoms with Crippen molar-refractivity contribution in [2.45, 2.75) is 93.2 Å². The molecule has 0 fully saturated rings. The summed E-state index contributed by atoms with van der Waals surface area (Å²) in [6.07, 6.45) is 7.63. The van der Waals surface area contributed by atoms with Crippen LogP contribution >= 0.6 is 23.2 Å². The highest BCUT2D eigenvalue weighted by molar-refractivity contribution is 6.32. The Kier molecular flexibility index (Phi) is 16.9. The number of imidazole rings is 2. The van der Waals surface area contributed by atoms with E-state index in [4.69, 9.17) is 28.9 Å². The zero-order valence-corrected chi connectivity index (χ0v) is 43.7. The number of carbonyl (C=O) groups is 2. The van der Waals surface area contributed by atoms with Gasteiger partial charge in [-0.15, -0.1) is 0 Å². The zero-order chi connectivity index (χ0) is 51.8. The molecule has 72 heavy (non-hydrogen) atoms. The number of carbonyl (C=O) groups excluding carboxylic acids is 2. The number of fused-ring (bicyclic) bond motifs is 2. The molecule has 0 spiro atoms. The van der Waals surface area contributed by atoms with Crippen LogP contribution in [0.4, 0.5) is 43.7 Å². The minimum absolute atomic E-state index is 0.0977. The minimum atomic E-state index is -0.455. The molecular formula is C56H62Cl2N10O4. The van der Waals surface area contributed by atoms with Gasteiger partial charge in [0.05, 0.1) is 74.7 Å². The van der Waals surface area contributed by atoms with Gasteiger partial charge < -0.3 is 25.5 Å². The topological polar surface area (TPSA) is 169 Å². The number of rotatable bonds is 15. The molecular weight excluding hydrogens is 948 g/mol. The Hall–Kier alpha value is -7.42. The largest absolute Gasteiger partial charge is 0.398 e. The molecule has 8 rings (SSSR count). The van der Waals surface area contributed by atoms with Crippen LogP contribution in [0.25, 0.3) is 22.1 Å². The lowest BCUT2D eigenvalue weighted by molar-refractivity contribution is -0.385. The number of nitrogen functional groups attached to an aromatic ring is 1. The second-order valence-corrected chi connectivity index (χ2v) is 18.4. The van der Waals surface area contributed by atoms with E-state index in [1.807, 2.05) is 124 Å². The molecule has 16 heteroatoms. The Labute approximate surface area is 430 Å². The first-order valence-corrected chi connectivity index (χ1v) is 25.1. The third-order valence-corrected chi connectivity index (χ3v) is 13.8. The van der Waals surface area contributed by atoms with Crippen molar-refractivity contribution in [3.8, 4) is 0 Å². The number of urea groups is 2. The van der Waals surface area contributed by atoms with Crippen molar-refractivity contribution in [3.63, 3.8) is 0 Å². The number of hydrogen-bond acceptors (Lipinski definition) is 7. The van der Waals surface area contributed by atoms with Crippen molar-refractivity contribution < 1.29 is 14.5 Å². The van der Waals surface area contributed by atoms with E-state index >= 15 is 0 Å². The number of hydrogen-bond donors (Lipinski definition) is 3. The quantitative estimate of drug-likeness (QED) is 0.0521. The van der Waals surface area contributed by atoms with Gasteiger partial charge in [0.2, 0.25) is 0 Å². The maximum atomic E-state index is 13.9. The number of nitro groups is 1. The predicted molar refractivity (Wildman–Crippen MR) is 295 cm³/mol. The van der Waals surface area contributed by atoms with Crippen LogP contribution in [-0.4, -0.2) is 36.1 Å². The van der Waals surface area contributed by atoms with E-state index < -0.39 is 11.0 Å². The highest BCUT2D eigenvalue weighted by atomic mass is 35.5. The SMILES string of the molecule is CCc1ccc(N(Cc2ccc3c(c2)ncn3C)C(=O)Nc2c(CC)c(Cl)cc([N+](=O)[O-])c2CC)cc1.CCc1ccc(N(Cc2ccc3c(c2)ncn3C)C(=O)Nc2c(CC)c(N)cc(Cl)c2CC)cc1. The van der Waals surface area contributed by atoms with E-state index in [1.54, 1.807) is 28.5 Å². The van der Waals surface area contributed by atoms with Crippen molar-refractivity contribution >= 4 is 91.5 Å². The fourth-order valence-corrected chi connectivity index (χ4v) is 9.71. The van der Waals surface area contributed by atoms with Gasteiger partial charge in [0.25, 0.3) is 5.69 Å². The van der Waals surface area contributed by atoms with Crippen molar-refractivity contribution in [3.05, 3.63) is 174 Å². The van der Waals surface area contributed by atoms with Crippen molar-refractivity contribution in [1.82, 2.24) is 19.1 Å². The molecule has 0 aliphatic heterocycles. The van der Waals surface area contributed by atoms with E-state index in [1.165, 1.54) is 11.6 Å². The van der Waals surface area contributed by atoms with Gasteiger partial charge in [-0.1, -0.05) is 101 Å². The van der Waals surface area contributed by atoms with Crippen molar-refractivity contribution in [2.24, 2.45) is 14.1 Å². The number of aryl methyl sites for hydroxylation is 4. The van der Waals surface area contributed by atoms with Crippen LogP contribution in [0.1, 0.15) is 86.1 Å². The van der Waals surface area contributed by atoms with Gasteiger partial charge in [-0.05, 0) is 132 Å². The Morgan fingerprint density at radius 3 is 1.35 bits per heavy atom. The Balaban J connectivity index is 0.000000212. The highest BCUT2D eigenvalue weighted by Crippen LogP contribution is 2.38. The van der Waals surface area contributed by atoms with Crippen molar-refractivity contribution in [1.29, 1.82) is 0 Å². The summed E-state index contributed by atoms with van der Waals surface area (Å²) in [5.41, 5.74) is 20.4. The molecule has 0 aliphatic carbocycles. The highest BCUT2D eigenvalue weighted by Gasteiger charge is 2.27. The Morgan fingerprint density at radius 2 is 0.958 bits per heavy atom. The van der Waals surface area contributed by atoms with Gasteiger partial charge in [-0.25, -0.2) is 19.6 Å². The standard InChI is InChI=1S/C28H30ClN5O3.C28H32ClN5O/c1-5-18-8-11-20(12-9-18)33(16-19-10-13-25-24(14-19)30-17-32(25)4)28(35)31-27-21(6-2)23(29)15-26(34(36)37)22(27)7-3;1-5-18-8-11-20(12-9-18)34(16-19-10-13-26-25(14-19)31-17-33(26)4)28(35)32-27-21(6-2)23(29)15-24(30)22(27)7-3/h8-15,17H,5-7,16H2,1-4H3,(H,31,35);8-15,17H,5-7,16,30H2,1-4H3,(H,32,35). The maximum absolute atomic E-state index is 13.9. The third-order valence-electron chi connectivity index (χ3n) is 13.1. The van der Waals surface area contributed by atoms with Crippen LogP contribution in [0.5, 0.6) is 0 Å². The van der Waals surface area contributed by atoms with Crippen LogP contribution < -0.4 is 26.2 Å². The van der Waals surface area contributed by atoms with Gasteiger partial charge in [-0.2, -0.15) is 0 Å². The number of nitrogens with two attached hydrogens (primary N) is 1. The molecule has 0 bridgehead atoms. The summed E-state index contributed by atoms with van der Waals surface area (Å²) in [4.78, 5) is 51.3. The Morgan fingerprint density at radius 1 is 0.569 bits per heavy atom. The molecule has 8 aromatic rings. The third kappa shape index (κ3) is 11.4. The summed E-state index contributed by atoms with van der Waals surface area (Å²) in [6, 6.07) is 30.5. The number of nitrogens with one attached hydrogen (secondary N) is 2. The summed E-state index contributed by atoms with van der Waals surface area (Å²) in [5.74, 6) is 0. The van der Waals surface area contributed by atoms with Gasteiger partial charge in [0, 0.05) is 42.2 Å².